The van der Waals surface area contributed by atoms with Gasteiger partial charge in [-0.25, -0.2) is 13.1 Å². The molecule has 0 radical (unpaired) electrons. The fourth-order valence-electron chi connectivity index (χ4n) is 3.20. The summed E-state index contributed by atoms with van der Waals surface area (Å²) in [7, 11) is -3.36. The highest BCUT2D eigenvalue weighted by Gasteiger charge is 2.21. The predicted molar refractivity (Wildman–Crippen MR) is 105 cm³/mol. The maximum atomic E-state index is 12.2. The van der Waals surface area contributed by atoms with Gasteiger partial charge in [-0.15, -0.1) is 11.3 Å². The van der Waals surface area contributed by atoms with E-state index in [9.17, 15) is 8.42 Å². The van der Waals surface area contributed by atoms with Crippen LogP contribution in [0.1, 0.15) is 29.2 Å². The molecule has 0 bridgehead atoms. The van der Waals surface area contributed by atoms with E-state index < -0.39 is 10.0 Å². The second kappa shape index (κ2) is 8.64. The SMILES string of the molecule is O=S(=O)(Cc1ccccc1Cl)NCCN1CCC(c2cccs2)CC1. The zero-order valence-electron chi connectivity index (χ0n) is 14.0. The molecule has 0 unspecified atom stereocenters. The van der Waals surface area contributed by atoms with Crippen molar-refractivity contribution < 1.29 is 8.42 Å². The molecule has 4 nitrogen and oxygen atoms in total. The summed E-state index contributed by atoms with van der Waals surface area (Å²) in [4.78, 5) is 3.81. The molecule has 1 fully saturated rings. The zero-order chi connectivity index (χ0) is 17.7. The third kappa shape index (κ3) is 5.53. The van der Waals surface area contributed by atoms with Crippen molar-refractivity contribution in [2.24, 2.45) is 0 Å². The molecule has 136 valence electrons. The third-order valence-electron chi connectivity index (χ3n) is 4.59. The van der Waals surface area contributed by atoms with E-state index in [1.807, 2.05) is 11.3 Å². The summed E-state index contributed by atoms with van der Waals surface area (Å²) in [5.41, 5.74) is 0.633. The number of halogens is 1. The number of likely N-dealkylation sites (tertiary alicyclic amines) is 1. The predicted octanol–water partition coefficient (Wildman–Crippen LogP) is 3.70. The standard InChI is InChI=1S/C18H23ClN2O2S2/c19-17-5-2-1-4-16(17)14-25(22,23)20-9-12-21-10-7-15(8-11-21)18-6-3-13-24-18/h1-6,13,15,20H,7-12,14H2. The highest BCUT2D eigenvalue weighted by molar-refractivity contribution is 7.88. The van der Waals surface area contributed by atoms with E-state index in [0.29, 0.717) is 23.0 Å². The van der Waals surface area contributed by atoms with E-state index in [4.69, 9.17) is 11.6 Å². The Labute approximate surface area is 158 Å². The number of hydrogen-bond donors (Lipinski definition) is 1. The Morgan fingerprint density at radius 1 is 1.16 bits per heavy atom. The average molecular weight is 399 g/mol. The van der Waals surface area contributed by atoms with Crippen molar-refractivity contribution in [1.82, 2.24) is 9.62 Å². The molecule has 2 heterocycles. The van der Waals surface area contributed by atoms with Crippen LogP contribution in [0, 0.1) is 0 Å². The summed E-state index contributed by atoms with van der Waals surface area (Å²) in [6.07, 6.45) is 2.29. The van der Waals surface area contributed by atoms with Gasteiger partial charge in [0, 0.05) is 23.0 Å². The van der Waals surface area contributed by atoms with Crippen molar-refractivity contribution in [2.45, 2.75) is 24.5 Å². The lowest BCUT2D eigenvalue weighted by Crippen LogP contribution is -2.39. The van der Waals surface area contributed by atoms with Crippen LogP contribution >= 0.6 is 22.9 Å². The molecule has 1 saturated heterocycles. The van der Waals surface area contributed by atoms with Crippen LogP contribution in [0.25, 0.3) is 0 Å². The molecule has 1 aliphatic rings. The van der Waals surface area contributed by atoms with Crippen molar-refractivity contribution in [2.75, 3.05) is 26.2 Å². The molecule has 1 aromatic heterocycles. The maximum absolute atomic E-state index is 12.2. The van der Waals surface area contributed by atoms with Gasteiger partial charge in [0.2, 0.25) is 10.0 Å². The lowest BCUT2D eigenvalue weighted by molar-refractivity contribution is 0.217. The quantitative estimate of drug-likeness (QED) is 0.773. The Morgan fingerprint density at radius 3 is 2.60 bits per heavy atom. The highest BCUT2D eigenvalue weighted by atomic mass is 35.5. The molecule has 1 N–H and O–H groups in total. The van der Waals surface area contributed by atoms with E-state index in [1.54, 1.807) is 24.3 Å². The van der Waals surface area contributed by atoms with Crippen LogP contribution in [0.5, 0.6) is 0 Å². The second-order valence-corrected chi connectivity index (χ2v) is 9.57. The van der Waals surface area contributed by atoms with E-state index >= 15 is 0 Å². The van der Waals surface area contributed by atoms with Crippen LogP contribution in [-0.4, -0.2) is 39.5 Å². The first-order valence-corrected chi connectivity index (χ1v) is 11.4. The summed E-state index contributed by atoms with van der Waals surface area (Å²) in [5, 5.41) is 2.62. The number of nitrogens with zero attached hydrogens (tertiary/aromatic N) is 1. The number of benzene rings is 1. The molecule has 0 aliphatic carbocycles. The van der Waals surface area contributed by atoms with Crippen LogP contribution in [-0.2, 0) is 15.8 Å². The molecule has 0 spiro atoms. The van der Waals surface area contributed by atoms with Gasteiger partial charge in [0.25, 0.3) is 0 Å². The molecule has 1 aromatic carbocycles. The van der Waals surface area contributed by atoms with Gasteiger partial charge in [-0.3, -0.25) is 0 Å². The smallest absolute Gasteiger partial charge is 0.215 e. The summed E-state index contributed by atoms with van der Waals surface area (Å²) >= 11 is 7.88. The van der Waals surface area contributed by atoms with Crippen molar-refractivity contribution in [1.29, 1.82) is 0 Å². The molecule has 25 heavy (non-hydrogen) atoms. The first-order chi connectivity index (χ1) is 12.0. The number of sulfonamides is 1. The molecular weight excluding hydrogens is 376 g/mol. The molecule has 0 amide bonds. The van der Waals surface area contributed by atoms with Gasteiger partial charge < -0.3 is 4.90 Å². The summed E-state index contributed by atoms with van der Waals surface area (Å²) in [5.74, 6) is 0.584. The normalized spacial score (nSPS) is 17.0. The Bertz CT molecular complexity index is 770. The number of hydrogen-bond acceptors (Lipinski definition) is 4. The van der Waals surface area contributed by atoms with E-state index in [-0.39, 0.29) is 5.75 Å². The lowest BCUT2D eigenvalue weighted by Gasteiger charge is -2.31. The highest BCUT2D eigenvalue weighted by Crippen LogP contribution is 2.30. The largest absolute Gasteiger partial charge is 0.302 e. The molecule has 7 heteroatoms. The first kappa shape index (κ1) is 18.9. The fraction of sp³-hybridized carbons (Fsp3) is 0.444. The lowest BCUT2D eigenvalue weighted by atomic mass is 9.95. The van der Waals surface area contributed by atoms with Crippen LogP contribution < -0.4 is 4.72 Å². The van der Waals surface area contributed by atoms with Crippen LogP contribution in [0.15, 0.2) is 41.8 Å². The van der Waals surface area contributed by atoms with Crippen molar-refractivity contribution in [3.63, 3.8) is 0 Å². The van der Waals surface area contributed by atoms with Crippen LogP contribution in [0.3, 0.4) is 0 Å². The molecule has 1 aliphatic heterocycles. The van der Waals surface area contributed by atoms with Gasteiger partial charge in [-0.2, -0.15) is 0 Å². The molecular formula is C18H23ClN2O2S2. The van der Waals surface area contributed by atoms with Crippen molar-refractivity contribution >= 4 is 33.0 Å². The number of thiophene rings is 1. The van der Waals surface area contributed by atoms with Gasteiger partial charge >= 0.3 is 0 Å². The first-order valence-electron chi connectivity index (χ1n) is 8.50. The minimum Gasteiger partial charge on any atom is -0.302 e. The Balaban J connectivity index is 1.41. The van der Waals surface area contributed by atoms with E-state index in [1.165, 1.54) is 4.88 Å². The summed E-state index contributed by atoms with van der Waals surface area (Å²) in [6, 6.07) is 11.4. The molecule has 3 rings (SSSR count). The van der Waals surface area contributed by atoms with Gasteiger partial charge in [0.05, 0.1) is 5.75 Å². The summed E-state index contributed by atoms with van der Waals surface area (Å²) in [6.45, 7) is 3.24. The minimum atomic E-state index is -3.36. The Hall–Kier alpha value is -0.920. The van der Waals surface area contributed by atoms with Gasteiger partial charge in [-0.1, -0.05) is 35.9 Å². The number of piperidine rings is 1. The number of rotatable bonds is 7. The Morgan fingerprint density at radius 2 is 1.92 bits per heavy atom. The second-order valence-electron chi connectivity index (χ2n) is 6.38. The van der Waals surface area contributed by atoms with Crippen molar-refractivity contribution in [3.8, 4) is 0 Å². The molecule has 2 aromatic rings. The fourth-order valence-corrected chi connectivity index (χ4v) is 5.54. The molecule has 0 atom stereocenters. The monoisotopic (exact) mass is 398 g/mol. The number of nitrogens with one attached hydrogen (secondary N) is 1. The Kier molecular flexibility index (Phi) is 6.52. The van der Waals surface area contributed by atoms with E-state index in [2.05, 4.69) is 27.1 Å². The van der Waals surface area contributed by atoms with Gasteiger partial charge in [-0.05, 0) is 54.9 Å². The third-order valence-corrected chi connectivity index (χ3v) is 7.33. The maximum Gasteiger partial charge on any atom is 0.215 e. The minimum absolute atomic E-state index is 0.0763. The van der Waals surface area contributed by atoms with Crippen LogP contribution in [0.2, 0.25) is 5.02 Å². The van der Waals surface area contributed by atoms with Crippen LogP contribution in [0.4, 0.5) is 0 Å². The zero-order valence-corrected chi connectivity index (χ0v) is 16.4. The van der Waals surface area contributed by atoms with E-state index in [0.717, 1.165) is 32.5 Å². The van der Waals surface area contributed by atoms with Gasteiger partial charge in [0.15, 0.2) is 0 Å². The van der Waals surface area contributed by atoms with Gasteiger partial charge in [0.1, 0.15) is 0 Å². The average Bonchev–Trinajstić information content (AvgIpc) is 3.12. The van der Waals surface area contributed by atoms with Crippen molar-refractivity contribution in [3.05, 3.63) is 57.2 Å². The topological polar surface area (TPSA) is 49.4 Å². The summed E-state index contributed by atoms with van der Waals surface area (Å²) < 4.78 is 27.1. The molecule has 0 saturated carbocycles.